The van der Waals surface area contributed by atoms with Gasteiger partial charge >= 0.3 is 0 Å². The molecule has 2 aromatic rings. The molecule has 2 aliphatic rings. The summed E-state index contributed by atoms with van der Waals surface area (Å²) in [6, 6.07) is 16.1. The molecule has 0 unspecified atom stereocenters. The molecule has 0 aliphatic carbocycles. The molecule has 30 heavy (non-hydrogen) atoms. The first-order valence-corrected chi connectivity index (χ1v) is 10.6. The number of carbonyl (C=O) groups excluding carboxylic acids is 2. The number of amides is 2. The number of methoxy groups -OCH3 is 1. The van der Waals surface area contributed by atoms with Crippen LogP contribution >= 0.6 is 0 Å². The van der Waals surface area contributed by atoms with E-state index in [1.54, 1.807) is 12.0 Å². The summed E-state index contributed by atoms with van der Waals surface area (Å²) in [5, 5.41) is 2.96. The van der Waals surface area contributed by atoms with Gasteiger partial charge in [0.25, 0.3) is 5.91 Å². The van der Waals surface area contributed by atoms with Crippen molar-refractivity contribution in [3.05, 3.63) is 54.1 Å². The van der Waals surface area contributed by atoms with Crippen LogP contribution in [0, 0.1) is 5.92 Å². The molecule has 0 aromatic heterocycles. The third-order valence-corrected chi connectivity index (χ3v) is 5.82. The largest absolute Gasteiger partial charge is 0.497 e. The van der Waals surface area contributed by atoms with Crippen LogP contribution < -0.4 is 10.1 Å². The molecule has 2 heterocycles. The molecule has 2 aromatic carbocycles. The van der Waals surface area contributed by atoms with E-state index in [-0.39, 0.29) is 23.8 Å². The van der Waals surface area contributed by atoms with E-state index in [1.807, 2.05) is 36.4 Å². The Bertz CT molecular complexity index is 908. The number of nitrogens with zero attached hydrogens (tertiary/aromatic N) is 1. The molecule has 2 atom stereocenters. The lowest BCUT2D eigenvalue weighted by molar-refractivity contribution is -0.141. The van der Waals surface area contributed by atoms with Crippen molar-refractivity contribution in [2.24, 2.45) is 5.92 Å². The summed E-state index contributed by atoms with van der Waals surface area (Å²) in [5.74, 6) is 0.548. The molecule has 0 bridgehead atoms. The van der Waals surface area contributed by atoms with Crippen molar-refractivity contribution < 1.29 is 19.1 Å². The summed E-state index contributed by atoms with van der Waals surface area (Å²) in [6.07, 6.45) is 1.92. The van der Waals surface area contributed by atoms with Gasteiger partial charge in [0.05, 0.1) is 13.0 Å². The minimum Gasteiger partial charge on any atom is -0.497 e. The number of carbonyl (C=O) groups is 2. The normalized spacial score (nSPS) is 21.8. The lowest BCUT2D eigenvalue weighted by Gasteiger charge is -2.25. The Morgan fingerprint density at radius 3 is 2.77 bits per heavy atom. The van der Waals surface area contributed by atoms with Crippen LogP contribution in [0.2, 0.25) is 0 Å². The second-order valence-electron chi connectivity index (χ2n) is 7.91. The van der Waals surface area contributed by atoms with Gasteiger partial charge in [-0.05, 0) is 48.1 Å². The summed E-state index contributed by atoms with van der Waals surface area (Å²) in [4.78, 5) is 27.3. The maximum atomic E-state index is 12.8. The van der Waals surface area contributed by atoms with Crippen LogP contribution in [0.5, 0.6) is 5.75 Å². The molecule has 2 amide bonds. The van der Waals surface area contributed by atoms with Gasteiger partial charge in [-0.15, -0.1) is 0 Å². The SMILES string of the molecule is COc1cccc(-c2cccc(C[C@@H]3CN(C(=O)[C@@H]4CCCO4)CCNC3=O)c2)c1. The highest BCUT2D eigenvalue weighted by molar-refractivity contribution is 5.84. The highest BCUT2D eigenvalue weighted by Crippen LogP contribution is 2.26. The standard InChI is InChI=1S/C24H28N2O4/c1-29-21-8-3-7-19(15-21)18-6-2-5-17(13-18)14-20-16-26(11-10-25-23(20)27)24(28)22-9-4-12-30-22/h2-3,5-8,13,15,20,22H,4,9-12,14,16H2,1H3,(H,25,27)/t20-,22+/m1/s1. The monoisotopic (exact) mass is 408 g/mol. The number of benzene rings is 2. The van der Waals surface area contributed by atoms with Crippen molar-refractivity contribution in [1.82, 2.24) is 10.2 Å². The van der Waals surface area contributed by atoms with Crippen molar-refractivity contribution in [2.45, 2.75) is 25.4 Å². The van der Waals surface area contributed by atoms with Gasteiger partial charge in [-0.3, -0.25) is 9.59 Å². The second-order valence-corrected chi connectivity index (χ2v) is 7.91. The summed E-state index contributed by atoms with van der Waals surface area (Å²) >= 11 is 0. The molecule has 2 fully saturated rings. The first kappa shape index (κ1) is 20.4. The lowest BCUT2D eigenvalue weighted by atomic mass is 9.95. The number of hydrogen-bond donors (Lipinski definition) is 1. The van der Waals surface area contributed by atoms with Gasteiger partial charge < -0.3 is 19.7 Å². The third-order valence-electron chi connectivity index (χ3n) is 5.82. The van der Waals surface area contributed by atoms with E-state index in [4.69, 9.17) is 9.47 Å². The first-order chi connectivity index (χ1) is 14.6. The molecular weight excluding hydrogens is 380 g/mol. The Hall–Kier alpha value is -2.86. The Morgan fingerprint density at radius 2 is 2.00 bits per heavy atom. The lowest BCUT2D eigenvalue weighted by Crippen LogP contribution is -2.42. The van der Waals surface area contributed by atoms with Gasteiger partial charge in [-0.2, -0.15) is 0 Å². The maximum absolute atomic E-state index is 12.8. The van der Waals surface area contributed by atoms with E-state index >= 15 is 0 Å². The highest BCUT2D eigenvalue weighted by atomic mass is 16.5. The number of nitrogens with one attached hydrogen (secondary N) is 1. The molecule has 2 saturated heterocycles. The fourth-order valence-corrected chi connectivity index (χ4v) is 4.20. The molecular formula is C24H28N2O4. The van der Waals surface area contributed by atoms with E-state index in [0.29, 0.717) is 32.7 Å². The maximum Gasteiger partial charge on any atom is 0.251 e. The average molecular weight is 408 g/mol. The van der Waals surface area contributed by atoms with E-state index in [1.165, 1.54) is 0 Å². The van der Waals surface area contributed by atoms with Crippen LogP contribution in [-0.4, -0.2) is 56.2 Å². The van der Waals surface area contributed by atoms with E-state index < -0.39 is 0 Å². The zero-order valence-electron chi connectivity index (χ0n) is 17.3. The van der Waals surface area contributed by atoms with Crippen LogP contribution in [0.3, 0.4) is 0 Å². The molecule has 0 spiro atoms. The fraction of sp³-hybridized carbons (Fsp3) is 0.417. The van der Waals surface area contributed by atoms with E-state index in [2.05, 4.69) is 17.4 Å². The van der Waals surface area contributed by atoms with E-state index in [0.717, 1.165) is 35.3 Å². The van der Waals surface area contributed by atoms with Crippen molar-refractivity contribution in [3.8, 4) is 16.9 Å². The average Bonchev–Trinajstić information content (AvgIpc) is 3.26. The van der Waals surface area contributed by atoms with Gasteiger partial charge in [-0.25, -0.2) is 0 Å². The molecule has 6 nitrogen and oxygen atoms in total. The Balaban J connectivity index is 1.50. The number of ether oxygens (including phenoxy) is 2. The molecule has 0 radical (unpaired) electrons. The quantitative estimate of drug-likeness (QED) is 0.826. The highest BCUT2D eigenvalue weighted by Gasteiger charge is 2.33. The minimum absolute atomic E-state index is 0.00410. The van der Waals surface area contributed by atoms with Gasteiger partial charge in [0, 0.05) is 26.2 Å². The second kappa shape index (κ2) is 9.30. The van der Waals surface area contributed by atoms with Crippen molar-refractivity contribution in [2.75, 3.05) is 33.4 Å². The minimum atomic E-state index is -0.352. The van der Waals surface area contributed by atoms with Crippen LogP contribution in [0.1, 0.15) is 18.4 Å². The van der Waals surface area contributed by atoms with Crippen molar-refractivity contribution in [1.29, 1.82) is 0 Å². The molecule has 2 aliphatic heterocycles. The Morgan fingerprint density at radius 1 is 1.20 bits per heavy atom. The zero-order valence-corrected chi connectivity index (χ0v) is 17.3. The Labute approximate surface area is 177 Å². The van der Waals surface area contributed by atoms with Crippen LogP contribution in [0.25, 0.3) is 11.1 Å². The third kappa shape index (κ3) is 4.65. The van der Waals surface area contributed by atoms with Gasteiger partial charge in [-0.1, -0.05) is 36.4 Å². The fourth-order valence-electron chi connectivity index (χ4n) is 4.20. The Kier molecular flexibility index (Phi) is 6.33. The van der Waals surface area contributed by atoms with Crippen LogP contribution in [0.15, 0.2) is 48.5 Å². The molecule has 0 saturated carbocycles. The molecule has 6 heteroatoms. The number of rotatable bonds is 5. The van der Waals surface area contributed by atoms with Crippen LogP contribution in [0.4, 0.5) is 0 Å². The summed E-state index contributed by atoms with van der Waals surface area (Å²) < 4.78 is 10.9. The molecule has 4 rings (SSSR count). The summed E-state index contributed by atoms with van der Waals surface area (Å²) in [5.41, 5.74) is 3.21. The summed E-state index contributed by atoms with van der Waals surface area (Å²) in [6.45, 7) is 2.08. The van der Waals surface area contributed by atoms with E-state index in [9.17, 15) is 9.59 Å². The molecule has 1 N–H and O–H groups in total. The summed E-state index contributed by atoms with van der Waals surface area (Å²) in [7, 11) is 1.66. The predicted octanol–water partition coefficient (Wildman–Crippen LogP) is 2.66. The van der Waals surface area contributed by atoms with Crippen molar-refractivity contribution in [3.63, 3.8) is 0 Å². The van der Waals surface area contributed by atoms with Gasteiger partial charge in [0.15, 0.2) is 0 Å². The van der Waals surface area contributed by atoms with Gasteiger partial charge in [0.2, 0.25) is 5.91 Å². The smallest absolute Gasteiger partial charge is 0.251 e. The first-order valence-electron chi connectivity index (χ1n) is 10.6. The van der Waals surface area contributed by atoms with Gasteiger partial charge in [0.1, 0.15) is 11.9 Å². The van der Waals surface area contributed by atoms with Crippen LogP contribution in [-0.2, 0) is 20.7 Å². The topological polar surface area (TPSA) is 67.9 Å². The zero-order chi connectivity index (χ0) is 20.9. The molecule has 158 valence electrons. The number of hydrogen-bond acceptors (Lipinski definition) is 4. The van der Waals surface area contributed by atoms with Crippen molar-refractivity contribution >= 4 is 11.8 Å². The predicted molar refractivity (Wildman–Crippen MR) is 114 cm³/mol.